The van der Waals surface area contributed by atoms with Crippen LogP contribution in [0.2, 0.25) is 5.02 Å². The standard InChI is InChI=1S/C17H17ClN2O3S/c1-12(21)19-15-6-8-16(9-7-15)24(22,23)20-11-10-17(20)13-2-4-14(18)5-3-13/h2-9,17H,10-11H2,1H3,(H,19,21). The molecule has 1 heterocycles. The largest absolute Gasteiger partial charge is 0.326 e. The van der Waals surface area contributed by atoms with Crippen molar-refractivity contribution in [1.29, 1.82) is 0 Å². The number of sulfonamides is 1. The van der Waals surface area contributed by atoms with Crippen molar-refractivity contribution in [2.45, 2.75) is 24.3 Å². The van der Waals surface area contributed by atoms with Crippen LogP contribution in [0.1, 0.15) is 24.9 Å². The second-order valence-corrected chi connectivity index (χ2v) is 8.00. The number of nitrogens with zero attached hydrogens (tertiary/aromatic N) is 1. The van der Waals surface area contributed by atoms with Gasteiger partial charge in [0.15, 0.2) is 0 Å². The van der Waals surface area contributed by atoms with E-state index in [2.05, 4.69) is 5.32 Å². The Kier molecular flexibility index (Phi) is 4.62. The van der Waals surface area contributed by atoms with Gasteiger partial charge in [-0.1, -0.05) is 23.7 Å². The van der Waals surface area contributed by atoms with E-state index in [-0.39, 0.29) is 16.8 Å². The summed E-state index contributed by atoms with van der Waals surface area (Å²) in [5.74, 6) is -0.198. The van der Waals surface area contributed by atoms with Crippen LogP contribution in [-0.4, -0.2) is 25.2 Å². The van der Waals surface area contributed by atoms with Gasteiger partial charge in [0.25, 0.3) is 0 Å². The molecule has 0 radical (unpaired) electrons. The zero-order valence-electron chi connectivity index (χ0n) is 13.1. The molecule has 0 spiro atoms. The summed E-state index contributed by atoms with van der Waals surface area (Å²) < 4.78 is 27.1. The number of rotatable bonds is 4. The van der Waals surface area contributed by atoms with Crippen LogP contribution in [-0.2, 0) is 14.8 Å². The highest BCUT2D eigenvalue weighted by Crippen LogP contribution is 2.38. The van der Waals surface area contributed by atoms with Crippen LogP contribution in [0, 0.1) is 0 Å². The first-order valence-corrected chi connectivity index (χ1v) is 9.35. The second-order valence-electron chi connectivity index (χ2n) is 5.68. The van der Waals surface area contributed by atoms with Gasteiger partial charge in [0, 0.05) is 24.2 Å². The summed E-state index contributed by atoms with van der Waals surface area (Å²) in [5.41, 5.74) is 1.50. The molecule has 0 aromatic heterocycles. The van der Waals surface area contributed by atoms with E-state index in [9.17, 15) is 13.2 Å². The van der Waals surface area contributed by atoms with Crippen molar-refractivity contribution in [3.8, 4) is 0 Å². The molecule has 7 heteroatoms. The van der Waals surface area contributed by atoms with Crippen molar-refractivity contribution in [2.75, 3.05) is 11.9 Å². The zero-order valence-corrected chi connectivity index (χ0v) is 14.6. The van der Waals surface area contributed by atoms with Crippen molar-refractivity contribution in [1.82, 2.24) is 4.31 Å². The van der Waals surface area contributed by atoms with Crippen molar-refractivity contribution >= 4 is 33.2 Å². The van der Waals surface area contributed by atoms with Crippen LogP contribution in [0.5, 0.6) is 0 Å². The SMILES string of the molecule is CC(=O)Nc1ccc(S(=O)(=O)N2CCC2c2ccc(Cl)cc2)cc1. The number of hydrogen-bond acceptors (Lipinski definition) is 3. The van der Waals surface area contributed by atoms with Gasteiger partial charge < -0.3 is 5.32 Å². The number of carbonyl (C=O) groups is 1. The monoisotopic (exact) mass is 364 g/mol. The molecule has 1 N–H and O–H groups in total. The molecule has 0 saturated carbocycles. The Hall–Kier alpha value is -1.89. The average molecular weight is 365 g/mol. The smallest absolute Gasteiger partial charge is 0.243 e. The van der Waals surface area contributed by atoms with Crippen molar-refractivity contribution < 1.29 is 13.2 Å². The third-order valence-corrected chi connectivity index (χ3v) is 6.18. The molecule has 1 aliphatic heterocycles. The first-order valence-electron chi connectivity index (χ1n) is 7.53. The summed E-state index contributed by atoms with van der Waals surface area (Å²) in [6.07, 6.45) is 0.783. The fraction of sp³-hybridized carbons (Fsp3) is 0.235. The topological polar surface area (TPSA) is 66.5 Å². The van der Waals surface area contributed by atoms with Gasteiger partial charge in [-0.15, -0.1) is 0 Å². The molecule has 1 aliphatic rings. The molecular weight excluding hydrogens is 348 g/mol. The summed E-state index contributed by atoms with van der Waals surface area (Å²) in [5, 5.41) is 3.25. The minimum absolute atomic E-state index is 0.165. The predicted molar refractivity (Wildman–Crippen MR) is 93.4 cm³/mol. The van der Waals surface area contributed by atoms with E-state index in [1.54, 1.807) is 24.3 Å². The molecule has 1 amide bonds. The van der Waals surface area contributed by atoms with E-state index in [1.807, 2.05) is 12.1 Å². The van der Waals surface area contributed by atoms with Gasteiger partial charge >= 0.3 is 0 Å². The van der Waals surface area contributed by atoms with Crippen LogP contribution in [0.4, 0.5) is 5.69 Å². The Bertz CT molecular complexity index is 848. The van der Waals surface area contributed by atoms with Gasteiger partial charge in [-0.05, 0) is 48.4 Å². The minimum Gasteiger partial charge on any atom is -0.326 e. The lowest BCUT2D eigenvalue weighted by atomic mass is 9.98. The summed E-state index contributed by atoms with van der Waals surface area (Å²) in [6, 6.07) is 13.3. The predicted octanol–water partition coefficient (Wildman–Crippen LogP) is 3.43. The fourth-order valence-electron chi connectivity index (χ4n) is 2.72. The molecule has 24 heavy (non-hydrogen) atoms. The van der Waals surface area contributed by atoms with Gasteiger partial charge in [0.05, 0.1) is 10.9 Å². The van der Waals surface area contributed by atoms with E-state index < -0.39 is 10.0 Å². The molecule has 0 aliphatic carbocycles. The molecule has 1 fully saturated rings. The lowest BCUT2D eigenvalue weighted by Gasteiger charge is -2.40. The summed E-state index contributed by atoms with van der Waals surface area (Å²) in [6.45, 7) is 1.89. The summed E-state index contributed by atoms with van der Waals surface area (Å²) in [4.78, 5) is 11.3. The van der Waals surface area contributed by atoms with E-state index in [1.165, 1.54) is 23.4 Å². The highest BCUT2D eigenvalue weighted by molar-refractivity contribution is 7.89. The van der Waals surface area contributed by atoms with Crippen LogP contribution in [0.15, 0.2) is 53.4 Å². The number of carbonyl (C=O) groups excluding carboxylic acids is 1. The maximum atomic E-state index is 12.8. The van der Waals surface area contributed by atoms with E-state index in [0.717, 1.165) is 12.0 Å². The lowest BCUT2D eigenvalue weighted by molar-refractivity contribution is -0.114. The van der Waals surface area contributed by atoms with Gasteiger partial charge in [0.2, 0.25) is 15.9 Å². The molecular formula is C17H17ClN2O3S. The van der Waals surface area contributed by atoms with E-state index in [4.69, 9.17) is 11.6 Å². The third kappa shape index (κ3) is 3.31. The van der Waals surface area contributed by atoms with Crippen LogP contribution >= 0.6 is 11.6 Å². The zero-order chi connectivity index (χ0) is 17.3. The molecule has 0 bridgehead atoms. The number of nitrogens with one attached hydrogen (secondary N) is 1. The van der Waals surface area contributed by atoms with Gasteiger partial charge in [0.1, 0.15) is 0 Å². The Labute approximate surface area is 146 Å². The summed E-state index contributed by atoms with van der Waals surface area (Å²) in [7, 11) is -3.57. The van der Waals surface area contributed by atoms with E-state index >= 15 is 0 Å². The quantitative estimate of drug-likeness (QED) is 0.903. The van der Waals surface area contributed by atoms with Crippen molar-refractivity contribution in [2.24, 2.45) is 0 Å². The molecule has 1 saturated heterocycles. The Morgan fingerprint density at radius 1 is 1.12 bits per heavy atom. The van der Waals surface area contributed by atoms with Crippen molar-refractivity contribution in [3.63, 3.8) is 0 Å². The third-order valence-electron chi connectivity index (χ3n) is 4.01. The fourth-order valence-corrected chi connectivity index (χ4v) is 4.50. The van der Waals surface area contributed by atoms with Crippen molar-refractivity contribution in [3.05, 3.63) is 59.1 Å². The first kappa shape index (κ1) is 17.0. The maximum absolute atomic E-state index is 12.8. The normalized spacial score (nSPS) is 18.0. The minimum atomic E-state index is -3.57. The Morgan fingerprint density at radius 2 is 1.75 bits per heavy atom. The Morgan fingerprint density at radius 3 is 2.25 bits per heavy atom. The molecule has 1 atom stereocenters. The second kappa shape index (κ2) is 6.55. The lowest BCUT2D eigenvalue weighted by Crippen LogP contribution is -2.44. The summed E-state index contributed by atoms with van der Waals surface area (Å²) >= 11 is 5.89. The number of hydrogen-bond donors (Lipinski definition) is 1. The van der Waals surface area contributed by atoms with Gasteiger partial charge in [-0.25, -0.2) is 8.42 Å². The van der Waals surface area contributed by atoms with Gasteiger partial charge in [-0.3, -0.25) is 4.79 Å². The number of benzene rings is 2. The van der Waals surface area contributed by atoms with E-state index in [0.29, 0.717) is 17.3 Å². The molecule has 126 valence electrons. The number of anilines is 1. The highest BCUT2D eigenvalue weighted by Gasteiger charge is 2.39. The molecule has 3 rings (SSSR count). The first-order chi connectivity index (χ1) is 11.4. The maximum Gasteiger partial charge on any atom is 0.243 e. The van der Waals surface area contributed by atoms with Crippen LogP contribution in [0.3, 0.4) is 0 Å². The Balaban J connectivity index is 1.82. The molecule has 5 nitrogen and oxygen atoms in total. The number of halogens is 1. The number of amides is 1. The van der Waals surface area contributed by atoms with Crippen LogP contribution in [0.25, 0.3) is 0 Å². The van der Waals surface area contributed by atoms with Gasteiger partial charge in [-0.2, -0.15) is 4.31 Å². The highest BCUT2D eigenvalue weighted by atomic mass is 35.5. The molecule has 1 unspecified atom stereocenters. The average Bonchev–Trinajstić information content (AvgIpc) is 2.48. The molecule has 2 aromatic carbocycles. The van der Waals surface area contributed by atoms with Crippen LogP contribution < -0.4 is 5.32 Å². The molecule has 2 aromatic rings.